The van der Waals surface area contributed by atoms with Crippen LogP contribution in [0, 0.1) is 5.41 Å². The van der Waals surface area contributed by atoms with E-state index in [1.807, 2.05) is 13.8 Å². The largest absolute Gasteiger partial charge is 0.415 e. The topological polar surface area (TPSA) is 26.3 Å². The lowest BCUT2D eigenvalue weighted by atomic mass is 9.98. The number of hydrogen-bond donors (Lipinski definition) is 0. The van der Waals surface area contributed by atoms with Gasteiger partial charge in [0.25, 0.3) is 0 Å². The van der Waals surface area contributed by atoms with Crippen LogP contribution in [0.4, 0.5) is 0 Å². The molecule has 0 heterocycles. The fourth-order valence-corrected chi connectivity index (χ4v) is 8.47. The second-order valence-corrected chi connectivity index (χ2v) is 12.2. The van der Waals surface area contributed by atoms with Gasteiger partial charge < -0.3 is 9.22 Å². The van der Waals surface area contributed by atoms with Gasteiger partial charge in [0.15, 0.2) is 8.32 Å². The van der Waals surface area contributed by atoms with E-state index in [9.17, 15) is 4.79 Å². The maximum Gasteiger partial charge on any atom is 0.200 e. The molecule has 0 aromatic heterocycles. The molecule has 0 rings (SSSR count). The number of aldehydes is 1. The highest BCUT2D eigenvalue weighted by Crippen LogP contribution is 2.42. The van der Waals surface area contributed by atoms with Crippen molar-refractivity contribution in [2.75, 3.05) is 6.61 Å². The molecule has 0 unspecified atom stereocenters. The molecule has 0 atom stereocenters. The van der Waals surface area contributed by atoms with E-state index in [-0.39, 0.29) is 5.41 Å². The predicted molar refractivity (Wildman–Crippen MR) is 76.8 cm³/mol. The van der Waals surface area contributed by atoms with Gasteiger partial charge in [-0.3, -0.25) is 0 Å². The van der Waals surface area contributed by atoms with Crippen LogP contribution in [0.5, 0.6) is 0 Å². The molecule has 0 saturated carbocycles. The quantitative estimate of drug-likeness (QED) is 0.499. The molecule has 0 N–H and O–H groups in total. The van der Waals surface area contributed by atoms with E-state index in [1.165, 1.54) is 0 Å². The van der Waals surface area contributed by atoms with Gasteiger partial charge in [-0.25, -0.2) is 0 Å². The van der Waals surface area contributed by atoms with Gasteiger partial charge in [-0.2, -0.15) is 0 Å². The van der Waals surface area contributed by atoms with Crippen LogP contribution in [-0.4, -0.2) is 21.2 Å². The van der Waals surface area contributed by atoms with Crippen molar-refractivity contribution in [1.82, 2.24) is 0 Å². The average molecular weight is 258 g/mol. The molecule has 2 nitrogen and oxygen atoms in total. The van der Waals surface area contributed by atoms with Crippen LogP contribution < -0.4 is 0 Å². The Morgan fingerprint density at radius 1 is 1.00 bits per heavy atom. The van der Waals surface area contributed by atoms with Gasteiger partial charge in [0.1, 0.15) is 6.29 Å². The maximum atomic E-state index is 11.0. The third kappa shape index (κ3) is 3.92. The number of hydrogen-bond acceptors (Lipinski definition) is 2. The first-order valence-corrected chi connectivity index (χ1v) is 8.84. The molecule has 0 amide bonds. The van der Waals surface area contributed by atoms with E-state index in [0.717, 1.165) is 6.29 Å². The summed E-state index contributed by atoms with van der Waals surface area (Å²) in [7, 11) is -1.81. The summed E-state index contributed by atoms with van der Waals surface area (Å²) in [5.41, 5.74) is 1.36. The zero-order valence-corrected chi connectivity index (χ0v) is 13.8. The fourth-order valence-electron chi connectivity index (χ4n) is 2.85. The molecular weight excluding hydrogens is 228 g/mol. The van der Waals surface area contributed by atoms with Crippen LogP contribution in [0.1, 0.15) is 55.4 Å². The summed E-state index contributed by atoms with van der Waals surface area (Å²) in [4.78, 5) is 11.0. The summed E-state index contributed by atoms with van der Waals surface area (Å²) in [6, 6.07) is 0. The Labute approximate surface area is 108 Å². The van der Waals surface area contributed by atoms with Crippen molar-refractivity contribution in [2.24, 2.45) is 5.41 Å². The highest BCUT2D eigenvalue weighted by molar-refractivity contribution is 6.77. The Morgan fingerprint density at radius 2 is 1.35 bits per heavy atom. The normalized spacial score (nSPS) is 13.8. The van der Waals surface area contributed by atoms with Crippen molar-refractivity contribution in [2.45, 2.75) is 72.0 Å². The minimum absolute atomic E-state index is 0.364. The molecule has 0 bridgehead atoms. The van der Waals surface area contributed by atoms with Gasteiger partial charge in [0, 0.05) is 12.0 Å². The fraction of sp³-hybridized carbons (Fsp3) is 0.929. The zero-order valence-electron chi connectivity index (χ0n) is 12.8. The van der Waals surface area contributed by atoms with E-state index < -0.39 is 8.32 Å². The van der Waals surface area contributed by atoms with Gasteiger partial charge in [-0.15, -0.1) is 0 Å². The Kier molecular flexibility index (Phi) is 6.09. The molecule has 0 fully saturated rings. The van der Waals surface area contributed by atoms with Crippen LogP contribution in [0.15, 0.2) is 0 Å². The van der Waals surface area contributed by atoms with E-state index in [2.05, 4.69) is 41.5 Å². The van der Waals surface area contributed by atoms with Gasteiger partial charge >= 0.3 is 0 Å². The lowest BCUT2D eigenvalue weighted by Crippen LogP contribution is -2.49. The Hall–Kier alpha value is -0.153. The van der Waals surface area contributed by atoms with Crippen molar-refractivity contribution in [3.05, 3.63) is 0 Å². The molecular formula is C14H30O2Si. The Bertz CT molecular complexity index is 223. The van der Waals surface area contributed by atoms with Crippen LogP contribution in [-0.2, 0) is 9.22 Å². The Morgan fingerprint density at radius 3 is 1.59 bits per heavy atom. The van der Waals surface area contributed by atoms with E-state index in [4.69, 9.17) is 4.43 Å². The van der Waals surface area contributed by atoms with Crippen molar-refractivity contribution in [1.29, 1.82) is 0 Å². The third-order valence-electron chi connectivity index (χ3n) is 3.72. The zero-order chi connectivity index (χ0) is 13.9. The van der Waals surface area contributed by atoms with Crippen LogP contribution >= 0.6 is 0 Å². The first-order chi connectivity index (χ1) is 7.60. The second-order valence-electron chi connectivity index (χ2n) is 6.71. The molecule has 0 aliphatic rings. The highest BCUT2D eigenvalue weighted by Gasteiger charge is 2.45. The minimum atomic E-state index is -1.81. The molecule has 0 saturated heterocycles. The van der Waals surface area contributed by atoms with Crippen molar-refractivity contribution < 1.29 is 9.22 Å². The molecule has 17 heavy (non-hydrogen) atoms. The summed E-state index contributed by atoms with van der Waals surface area (Å²) >= 11 is 0. The van der Waals surface area contributed by atoms with Crippen LogP contribution in [0.2, 0.25) is 16.6 Å². The summed E-state index contributed by atoms with van der Waals surface area (Å²) < 4.78 is 6.38. The molecule has 0 aliphatic carbocycles. The summed E-state index contributed by atoms with van der Waals surface area (Å²) in [6.45, 7) is 18.0. The second kappa shape index (κ2) is 6.14. The summed E-state index contributed by atoms with van der Waals surface area (Å²) in [5, 5.41) is 0. The molecule has 0 radical (unpaired) electrons. The van der Waals surface area contributed by atoms with E-state index in [0.29, 0.717) is 23.2 Å². The van der Waals surface area contributed by atoms with Crippen molar-refractivity contribution in [3.8, 4) is 0 Å². The highest BCUT2D eigenvalue weighted by atomic mass is 28.4. The lowest BCUT2D eigenvalue weighted by Gasteiger charge is -2.43. The Balaban J connectivity index is 5.01. The number of rotatable bonds is 7. The van der Waals surface area contributed by atoms with Gasteiger partial charge in [0.2, 0.25) is 0 Å². The first kappa shape index (κ1) is 16.8. The van der Waals surface area contributed by atoms with Gasteiger partial charge in [-0.1, -0.05) is 55.4 Å². The van der Waals surface area contributed by atoms with Gasteiger partial charge in [-0.05, 0) is 16.6 Å². The van der Waals surface area contributed by atoms with Crippen LogP contribution in [0.25, 0.3) is 0 Å². The standard InChI is InChI=1S/C14H30O2Si/c1-11(2)17(12(3)4,13(5)6)16-10-14(7,8)9-15/h9,11-13H,10H2,1-8H3. The summed E-state index contributed by atoms with van der Waals surface area (Å²) in [6.07, 6.45) is 1.01. The molecule has 0 aromatic carbocycles. The van der Waals surface area contributed by atoms with E-state index >= 15 is 0 Å². The minimum Gasteiger partial charge on any atom is -0.415 e. The molecule has 0 spiro atoms. The van der Waals surface area contributed by atoms with Crippen LogP contribution in [0.3, 0.4) is 0 Å². The van der Waals surface area contributed by atoms with Gasteiger partial charge in [0.05, 0.1) is 0 Å². The molecule has 102 valence electrons. The smallest absolute Gasteiger partial charge is 0.200 e. The number of carbonyl (C=O) groups is 1. The third-order valence-corrected chi connectivity index (χ3v) is 9.78. The molecule has 0 aromatic rings. The SMILES string of the molecule is CC(C)[Si](OCC(C)(C)C=O)(C(C)C)C(C)C. The lowest BCUT2D eigenvalue weighted by molar-refractivity contribution is -0.116. The van der Waals surface area contributed by atoms with Crippen molar-refractivity contribution >= 4 is 14.6 Å². The summed E-state index contributed by atoms with van der Waals surface area (Å²) in [5.74, 6) is 0. The molecule has 3 heteroatoms. The first-order valence-electron chi connectivity index (χ1n) is 6.70. The maximum absolute atomic E-state index is 11.0. The average Bonchev–Trinajstić information content (AvgIpc) is 2.16. The predicted octanol–water partition coefficient (Wildman–Crippen LogP) is 4.40. The monoisotopic (exact) mass is 258 g/mol. The van der Waals surface area contributed by atoms with E-state index in [1.54, 1.807) is 0 Å². The molecule has 0 aliphatic heterocycles. The van der Waals surface area contributed by atoms with Crippen molar-refractivity contribution in [3.63, 3.8) is 0 Å². The number of carbonyl (C=O) groups excluding carboxylic acids is 1.